The van der Waals surface area contributed by atoms with E-state index in [4.69, 9.17) is 0 Å². The molecule has 0 aliphatic rings. The van der Waals surface area contributed by atoms with Gasteiger partial charge in [-0.1, -0.05) is 149 Å². The zero-order valence-corrected chi connectivity index (χ0v) is 49.7. The number of hydrogen-bond acceptors (Lipinski definition) is 18. The van der Waals surface area contributed by atoms with E-state index in [1.807, 2.05) is 43.2 Å². The molecule has 0 rings (SSSR count). The summed E-state index contributed by atoms with van der Waals surface area (Å²) in [6.07, 6.45) is 8.74. The van der Waals surface area contributed by atoms with Gasteiger partial charge in [-0.25, -0.2) is 0 Å². The number of carbonyl (C=O) groups excluding carboxylic acids is 5. The number of nitrogens with zero attached hydrogens (tertiary/aromatic N) is 3. The minimum atomic E-state index is 0.0256. The van der Waals surface area contributed by atoms with Crippen molar-refractivity contribution in [3.05, 3.63) is 0 Å². The lowest BCUT2D eigenvalue weighted by Crippen LogP contribution is -2.47. The molecule has 0 aromatic rings. The molecule has 0 aliphatic heterocycles. The lowest BCUT2D eigenvalue weighted by atomic mass is 10.3. The van der Waals surface area contributed by atoms with Gasteiger partial charge in [0.25, 0.3) is 0 Å². The van der Waals surface area contributed by atoms with E-state index in [1.54, 1.807) is 64.8 Å². The first-order chi connectivity index (χ1) is 32.7. The lowest BCUT2D eigenvalue weighted by molar-refractivity contribution is -0.121. The highest BCUT2D eigenvalue weighted by Crippen LogP contribution is 2.25. The summed E-state index contributed by atoms with van der Waals surface area (Å²) in [6.45, 7) is 19.5. The normalized spacial score (nSPS) is 11.4. The molecular weight excluding hydrogens is 1040 g/mol. The van der Waals surface area contributed by atoms with E-state index < -0.39 is 0 Å². The smallest absolute Gasteiger partial charge is 0.230 e. The van der Waals surface area contributed by atoms with Crippen molar-refractivity contribution in [2.24, 2.45) is 0 Å². The Morgan fingerprint density at radius 1 is 0.299 bits per heavy atom. The van der Waals surface area contributed by atoms with Crippen LogP contribution in [-0.2, 0) is 24.0 Å². The van der Waals surface area contributed by atoms with Crippen LogP contribution in [0.1, 0.15) is 98.8 Å². The maximum Gasteiger partial charge on any atom is 0.230 e. The largest absolute Gasteiger partial charge is 0.355 e. The molecule has 0 aromatic carbocycles. The average molecular weight is 1130 g/mol. The van der Waals surface area contributed by atoms with Crippen molar-refractivity contribution in [3.8, 4) is 0 Å². The Morgan fingerprint density at radius 3 is 0.851 bits per heavy atom. The van der Waals surface area contributed by atoms with Gasteiger partial charge >= 0.3 is 0 Å². The Kier molecular flexibility index (Phi) is 53.6. The van der Waals surface area contributed by atoms with Crippen molar-refractivity contribution in [1.82, 2.24) is 41.3 Å². The SMILES string of the molecule is CCCCSSCCC(=O)NCCN(CCNC(=O)CCSSCCC)CCN(CCNC(=O)CCSSCCC)CCN(CCNC(=O)CCSSCCC)CCNC(=O)CSSCCC. The van der Waals surface area contributed by atoms with Gasteiger partial charge in [0.05, 0.1) is 5.75 Å². The Balaban J connectivity index is 5.82. The maximum atomic E-state index is 12.8. The highest BCUT2D eigenvalue weighted by molar-refractivity contribution is 8.77. The second kappa shape index (κ2) is 53.0. The number of carbonyl (C=O) groups is 5. The molecule has 0 aromatic heterocycles. The van der Waals surface area contributed by atoms with Crippen molar-refractivity contribution in [2.75, 3.05) is 149 Å². The standard InChI is InChI=1S/C44H88N8O5S10/c1-6-11-34-62-66-38-15-43(56)47-17-22-50(21-16-45-40(53)12-35-63-58-30-7-2)26-28-52(25-19-48-42(55)14-37-65-60-32-9-4)29-27-51(24-20-49-44(57)39-67-61-33-10-5)23-18-46-41(54)13-36-64-59-31-8-3/h6-39H2,1-5H3,(H,45,53)(H,46,54)(H,47,56)(H,48,55)(H,49,57). The van der Waals surface area contributed by atoms with Gasteiger partial charge in [-0.05, 0) is 32.1 Å². The third-order valence-electron chi connectivity index (χ3n) is 9.20. The number of amides is 5. The summed E-state index contributed by atoms with van der Waals surface area (Å²) in [4.78, 5) is 70.6. The summed E-state index contributed by atoms with van der Waals surface area (Å²) in [5, 5.41) is 15.6. The first kappa shape index (κ1) is 67.7. The van der Waals surface area contributed by atoms with Crippen LogP contribution in [0.5, 0.6) is 0 Å². The van der Waals surface area contributed by atoms with Gasteiger partial charge in [0.1, 0.15) is 0 Å². The van der Waals surface area contributed by atoms with Crippen LogP contribution in [0, 0.1) is 0 Å². The van der Waals surface area contributed by atoms with Crippen LogP contribution in [0.15, 0.2) is 0 Å². The molecule has 0 unspecified atom stereocenters. The van der Waals surface area contributed by atoms with Crippen LogP contribution in [-0.4, -0.2) is 193 Å². The minimum Gasteiger partial charge on any atom is -0.355 e. The van der Waals surface area contributed by atoms with E-state index >= 15 is 0 Å². The van der Waals surface area contributed by atoms with E-state index in [9.17, 15) is 24.0 Å². The Labute approximate surface area is 446 Å². The number of hydrogen-bond donors (Lipinski definition) is 5. The van der Waals surface area contributed by atoms with E-state index in [1.165, 1.54) is 12.8 Å². The van der Waals surface area contributed by atoms with Crippen molar-refractivity contribution in [2.45, 2.75) is 98.8 Å². The molecule has 0 atom stereocenters. The molecule has 0 saturated carbocycles. The third-order valence-corrected chi connectivity index (χ3v) is 22.0. The Morgan fingerprint density at radius 2 is 0.552 bits per heavy atom. The molecule has 394 valence electrons. The summed E-state index contributed by atoms with van der Waals surface area (Å²) in [6, 6.07) is 0. The first-order valence-electron chi connectivity index (χ1n) is 24.4. The van der Waals surface area contributed by atoms with Crippen molar-refractivity contribution >= 4 is 137 Å². The number of nitrogens with one attached hydrogen (secondary N) is 5. The van der Waals surface area contributed by atoms with Gasteiger partial charge in [-0.15, -0.1) is 0 Å². The predicted octanol–water partition coefficient (Wildman–Crippen LogP) is 8.38. The summed E-state index contributed by atoms with van der Waals surface area (Å²) in [5.41, 5.74) is 0. The fourth-order valence-corrected chi connectivity index (χ4v) is 16.1. The van der Waals surface area contributed by atoms with Crippen LogP contribution in [0.4, 0.5) is 0 Å². The molecule has 0 radical (unpaired) electrons. The maximum absolute atomic E-state index is 12.8. The van der Waals surface area contributed by atoms with Gasteiger partial charge in [0.2, 0.25) is 29.5 Å². The quantitative estimate of drug-likeness (QED) is 0.0292. The predicted molar refractivity (Wildman–Crippen MR) is 313 cm³/mol. The molecule has 5 amide bonds. The summed E-state index contributed by atoms with van der Waals surface area (Å²) in [5.74, 6) is 9.18. The number of rotatable bonds is 51. The summed E-state index contributed by atoms with van der Waals surface area (Å²) in [7, 11) is 17.6. The first-order valence-corrected chi connectivity index (χ1v) is 36.8. The van der Waals surface area contributed by atoms with Crippen molar-refractivity contribution < 1.29 is 24.0 Å². The molecule has 67 heavy (non-hydrogen) atoms. The minimum absolute atomic E-state index is 0.0256. The van der Waals surface area contributed by atoms with Crippen molar-refractivity contribution in [1.29, 1.82) is 0 Å². The molecule has 0 spiro atoms. The fraction of sp³-hybridized carbons (Fsp3) is 0.886. The van der Waals surface area contributed by atoms with Gasteiger partial charge < -0.3 is 26.6 Å². The van der Waals surface area contributed by atoms with Gasteiger partial charge in [0.15, 0.2) is 0 Å². The second-order valence-corrected chi connectivity index (χ2v) is 28.7. The van der Waals surface area contributed by atoms with Gasteiger partial charge in [-0.2, -0.15) is 0 Å². The highest BCUT2D eigenvalue weighted by Gasteiger charge is 2.15. The molecule has 13 nitrogen and oxygen atoms in total. The van der Waals surface area contributed by atoms with Gasteiger partial charge in [-0.3, -0.25) is 38.7 Å². The van der Waals surface area contributed by atoms with Crippen LogP contribution >= 0.6 is 108 Å². The average Bonchev–Trinajstić information content (AvgIpc) is 3.31. The Hall–Kier alpha value is 0.730. The molecule has 0 heterocycles. The monoisotopic (exact) mass is 1130 g/mol. The van der Waals surface area contributed by atoms with Crippen LogP contribution in [0.2, 0.25) is 0 Å². The molecule has 0 saturated heterocycles. The van der Waals surface area contributed by atoms with Crippen LogP contribution < -0.4 is 26.6 Å². The van der Waals surface area contributed by atoms with Crippen LogP contribution in [0.25, 0.3) is 0 Å². The number of unbranched alkanes of at least 4 members (excludes halogenated alkanes) is 1. The zero-order valence-electron chi connectivity index (χ0n) is 41.5. The molecule has 5 N–H and O–H groups in total. The zero-order chi connectivity index (χ0) is 49.3. The summed E-state index contributed by atoms with van der Waals surface area (Å²) >= 11 is 0. The van der Waals surface area contributed by atoms with Crippen LogP contribution in [0.3, 0.4) is 0 Å². The van der Waals surface area contributed by atoms with Crippen molar-refractivity contribution in [3.63, 3.8) is 0 Å². The molecule has 0 bridgehead atoms. The van der Waals surface area contributed by atoms with Gasteiger partial charge in [0, 0.05) is 169 Å². The Bertz CT molecular complexity index is 1210. The second-order valence-electron chi connectivity index (χ2n) is 15.3. The molecule has 0 aliphatic carbocycles. The van der Waals surface area contributed by atoms with E-state index in [2.05, 4.69) is 75.9 Å². The topological polar surface area (TPSA) is 155 Å². The highest BCUT2D eigenvalue weighted by atomic mass is 33.1. The van der Waals surface area contributed by atoms with E-state index in [0.29, 0.717) is 110 Å². The summed E-state index contributed by atoms with van der Waals surface area (Å²) < 4.78 is 0. The molecular formula is C44H88N8O5S10. The lowest BCUT2D eigenvalue weighted by Gasteiger charge is -2.30. The molecule has 0 fully saturated rings. The molecule has 23 heteroatoms. The fourth-order valence-electron chi connectivity index (χ4n) is 5.44. The van der Waals surface area contributed by atoms with E-state index in [-0.39, 0.29) is 29.5 Å². The third kappa shape index (κ3) is 48.8. The van der Waals surface area contributed by atoms with E-state index in [0.717, 1.165) is 90.5 Å².